The topological polar surface area (TPSA) is 37.8 Å². The Morgan fingerprint density at radius 2 is 2.18 bits per heavy atom. The van der Waals surface area contributed by atoms with E-state index in [0.717, 1.165) is 24.9 Å². The summed E-state index contributed by atoms with van der Waals surface area (Å²) in [5.74, 6) is 0. The van der Waals surface area contributed by atoms with Gasteiger partial charge in [0.2, 0.25) is 0 Å². The van der Waals surface area contributed by atoms with E-state index >= 15 is 0 Å². The van der Waals surface area contributed by atoms with Crippen molar-refractivity contribution in [2.75, 3.05) is 6.54 Å². The second-order valence-corrected chi connectivity index (χ2v) is 4.99. The third-order valence-electron chi connectivity index (χ3n) is 2.61. The van der Waals surface area contributed by atoms with Gasteiger partial charge in [-0.3, -0.25) is 0 Å². The third-order valence-corrected chi connectivity index (χ3v) is 3.51. The molecule has 90 valence electrons. The summed E-state index contributed by atoms with van der Waals surface area (Å²) in [6, 6.07) is 4.59. The fraction of sp³-hybridized carbons (Fsp3) is 0.385. The molecule has 2 aromatic rings. The van der Waals surface area contributed by atoms with Crippen molar-refractivity contribution in [2.24, 2.45) is 0 Å². The lowest BCUT2D eigenvalue weighted by atomic mass is 10.1. The van der Waals surface area contributed by atoms with Crippen LogP contribution in [-0.2, 0) is 6.42 Å². The number of hydrogen-bond donors (Lipinski definition) is 1. The van der Waals surface area contributed by atoms with Gasteiger partial charge in [0.1, 0.15) is 6.33 Å². The number of aromatic nitrogens is 2. The van der Waals surface area contributed by atoms with Crippen LogP contribution in [0.15, 0.2) is 36.2 Å². The highest BCUT2D eigenvalue weighted by atomic mass is 32.1. The van der Waals surface area contributed by atoms with Crippen LogP contribution in [0.5, 0.6) is 0 Å². The molecule has 0 radical (unpaired) electrons. The van der Waals surface area contributed by atoms with E-state index in [2.05, 4.69) is 39.7 Å². The monoisotopic (exact) mass is 247 g/mol. The highest BCUT2D eigenvalue weighted by molar-refractivity contribution is 7.09. The Balaban J connectivity index is 2.08. The van der Waals surface area contributed by atoms with Crippen molar-refractivity contribution in [3.8, 4) is 0 Å². The first-order valence-corrected chi connectivity index (χ1v) is 6.78. The van der Waals surface area contributed by atoms with Crippen molar-refractivity contribution in [1.29, 1.82) is 0 Å². The maximum Gasteiger partial charge on any atom is 0.115 e. The van der Waals surface area contributed by atoms with Gasteiger partial charge >= 0.3 is 0 Å². The van der Waals surface area contributed by atoms with Crippen LogP contribution in [0.25, 0.3) is 0 Å². The summed E-state index contributed by atoms with van der Waals surface area (Å²) in [6.07, 6.45) is 7.51. The lowest BCUT2D eigenvalue weighted by molar-refractivity contribution is 0.529. The van der Waals surface area contributed by atoms with Gasteiger partial charge in [0, 0.05) is 35.3 Å². The lowest BCUT2D eigenvalue weighted by Gasteiger charge is -2.17. The molecule has 2 aromatic heterocycles. The molecule has 1 atom stereocenters. The van der Waals surface area contributed by atoms with Crippen LogP contribution in [0.1, 0.15) is 29.8 Å². The molecule has 1 N–H and O–H groups in total. The zero-order chi connectivity index (χ0) is 11.9. The Morgan fingerprint density at radius 1 is 1.35 bits per heavy atom. The average molecular weight is 247 g/mol. The molecule has 17 heavy (non-hydrogen) atoms. The van der Waals surface area contributed by atoms with E-state index in [4.69, 9.17) is 0 Å². The zero-order valence-corrected chi connectivity index (χ0v) is 10.8. The second-order valence-electron chi connectivity index (χ2n) is 3.96. The van der Waals surface area contributed by atoms with Crippen molar-refractivity contribution in [3.63, 3.8) is 0 Å². The predicted octanol–water partition coefficient (Wildman–Crippen LogP) is 2.82. The van der Waals surface area contributed by atoms with Crippen LogP contribution in [0.2, 0.25) is 0 Å². The van der Waals surface area contributed by atoms with E-state index in [1.165, 1.54) is 4.88 Å². The predicted molar refractivity (Wildman–Crippen MR) is 71.1 cm³/mol. The maximum atomic E-state index is 4.10. The zero-order valence-electron chi connectivity index (χ0n) is 9.97. The SMILES string of the molecule is CCCNC(Cc1cccs1)c1cncnc1. The van der Waals surface area contributed by atoms with Gasteiger partial charge in [-0.1, -0.05) is 13.0 Å². The smallest absolute Gasteiger partial charge is 0.115 e. The van der Waals surface area contributed by atoms with Crippen LogP contribution < -0.4 is 5.32 Å². The summed E-state index contributed by atoms with van der Waals surface area (Å²) < 4.78 is 0. The van der Waals surface area contributed by atoms with Gasteiger partial charge < -0.3 is 5.32 Å². The summed E-state index contributed by atoms with van der Waals surface area (Å²) in [4.78, 5) is 9.58. The summed E-state index contributed by atoms with van der Waals surface area (Å²) in [7, 11) is 0. The van der Waals surface area contributed by atoms with Crippen LogP contribution in [0.3, 0.4) is 0 Å². The minimum absolute atomic E-state index is 0.315. The molecule has 0 fully saturated rings. The third kappa shape index (κ3) is 3.61. The number of hydrogen-bond acceptors (Lipinski definition) is 4. The van der Waals surface area contributed by atoms with Crippen molar-refractivity contribution in [1.82, 2.24) is 15.3 Å². The van der Waals surface area contributed by atoms with E-state index < -0.39 is 0 Å². The summed E-state index contributed by atoms with van der Waals surface area (Å²) in [5, 5.41) is 5.67. The highest BCUT2D eigenvalue weighted by Gasteiger charge is 2.12. The first kappa shape index (κ1) is 12.2. The summed E-state index contributed by atoms with van der Waals surface area (Å²) >= 11 is 1.80. The second kappa shape index (κ2) is 6.47. The number of nitrogens with zero attached hydrogens (tertiary/aromatic N) is 2. The van der Waals surface area contributed by atoms with Gasteiger partial charge in [-0.05, 0) is 24.4 Å². The van der Waals surface area contributed by atoms with E-state index in [1.807, 2.05) is 12.4 Å². The lowest BCUT2D eigenvalue weighted by Crippen LogP contribution is -2.24. The van der Waals surface area contributed by atoms with Gasteiger partial charge in [0.15, 0.2) is 0 Å². The number of thiophene rings is 1. The van der Waals surface area contributed by atoms with Crippen molar-refractivity contribution >= 4 is 11.3 Å². The van der Waals surface area contributed by atoms with E-state index in [-0.39, 0.29) is 0 Å². The molecular formula is C13H17N3S. The molecule has 1 unspecified atom stereocenters. The number of rotatable bonds is 6. The van der Waals surface area contributed by atoms with Crippen molar-refractivity contribution in [2.45, 2.75) is 25.8 Å². The molecular weight excluding hydrogens is 230 g/mol. The summed E-state index contributed by atoms with van der Waals surface area (Å²) in [6.45, 7) is 3.20. The molecule has 2 rings (SSSR count). The fourth-order valence-corrected chi connectivity index (χ4v) is 2.50. The normalized spacial score (nSPS) is 12.5. The standard InChI is InChI=1S/C13H17N3S/c1-2-5-16-13(7-12-4-3-6-17-12)11-8-14-10-15-9-11/h3-4,6,8-10,13,16H,2,5,7H2,1H3. The van der Waals surface area contributed by atoms with E-state index in [9.17, 15) is 0 Å². The maximum absolute atomic E-state index is 4.10. The highest BCUT2D eigenvalue weighted by Crippen LogP contribution is 2.20. The largest absolute Gasteiger partial charge is 0.310 e. The molecule has 0 saturated carbocycles. The Bertz CT molecular complexity index is 413. The summed E-state index contributed by atoms with van der Waals surface area (Å²) in [5.41, 5.74) is 1.16. The van der Waals surface area contributed by atoms with Crippen LogP contribution >= 0.6 is 11.3 Å². The van der Waals surface area contributed by atoms with Gasteiger partial charge in [0.05, 0.1) is 0 Å². The Hall–Kier alpha value is -1.26. The van der Waals surface area contributed by atoms with Crippen molar-refractivity contribution in [3.05, 3.63) is 46.7 Å². The van der Waals surface area contributed by atoms with Gasteiger partial charge in [-0.25, -0.2) is 9.97 Å². The minimum Gasteiger partial charge on any atom is -0.310 e. The molecule has 4 heteroatoms. The molecule has 2 heterocycles. The minimum atomic E-state index is 0.315. The average Bonchev–Trinajstić information content (AvgIpc) is 2.88. The molecule has 0 aliphatic heterocycles. The van der Waals surface area contributed by atoms with Gasteiger partial charge in [-0.15, -0.1) is 11.3 Å². The molecule has 0 spiro atoms. The quantitative estimate of drug-likeness (QED) is 0.853. The Morgan fingerprint density at radius 3 is 2.82 bits per heavy atom. The van der Waals surface area contributed by atoms with Crippen LogP contribution in [-0.4, -0.2) is 16.5 Å². The number of nitrogens with one attached hydrogen (secondary N) is 1. The molecule has 3 nitrogen and oxygen atoms in total. The first-order valence-electron chi connectivity index (χ1n) is 5.91. The molecule has 0 aliphatic carbocycles. The van der Waals surface area contributed by atoms with Crippen LogP contribution in [0.4, 0.5) is 0 Å². The van der Waals surface area contributed by atoms with E-state index in [1.54, 1.807) is 17.7 Å². The Labute approximate surface area is 106 Å². The Kier molecular flexibility index (Phi) is 4.64. The molecule has 0 aliphatic rings. The van der Waals surface area contributed by atoms with Crippen molar-refractivity contribution < 1.29 is 0 Å². The first-order chi connectivity index (χ1) is 8.40. The molecule has 0 amide bonds. The molecule has 0 bridgehead atoms. The molecule has 0 saturated heterocycles. The molecule has 0 aromatic carbocycles. The fourth-order valence-electron chi connectivity index (χ4n) is 1.75. The van der Waals surface area contributed by atoms with E-state index in [0.29, 0.717) is 6.04 Å². The van der Waals surface area contributed by atoms with Gasteiger partial charge in [-0.2, -0.15) is 0 Å². The van der Waals surface area contributed by atoms with Gasteiger partial charge in [0.25, 0.3) is 0 Å². The van der Waals surface area contributed by atoms with Crippen LogP contribution in [0, 0.1) is 0 Å².